The topological polar surface area (TPSA) is 29.5 Å². The lowest BCUT2D eigenvalue weighted by Gasteiger charge is -2.29. The highest BCUT2D eigenvalue weighted by atomic mass is 31.1. The summed E-state index contributed by atoms with van der Waals surface area (Å²) in [5.41, 5.74) is 0. The second kappa shape index (κ2) is 4.81. The van der Waals surface area contributed by atoms with Crippen LogP contribution in [0.25, 0.3) is 0 Å². The highest BCUT2D eigenvalue weighted by Gasteiger charge is 2.18. The molecular formula is C7H14NO2P. The van der Waals surface area contributed by atoms with Gasteiger partial charge in [0, 0.05) is 13.1 Å². The molecule has 64 valence electrons. The first-order valence-corrected chi connectivity index (χ1v) is 4.80. The van der Waals surface area contributed by atoms with Gasteiger partial charge in [-0.1, -0.05) is 6.92 Å². The summed E-state index contributed by atoms with van der Waals surface area (Å²) in [6, 6.07) is 0. The molecule has 0 aliphatic carbocycles. The summed E-state index contributed by atoms with van der Waals surface area (Å²) in [5, 5.41) is 0. The van der Waals surface area contributed by atoms with E-state index in [1.807, 2.05) is 0 Å². The van der Waals surface area contributed by atoms with Gasteiger partial charge in [-0.15, -0.1) is 0 Å². The predicted octanol–water partition coefficient (Wildman–Crippen LogP) is 1.69. The van der Waals surface area contributed by atoms with Crippen molar-refractivity contribution in [3.05, 3.63) is 0 Å². The number of likely N-dealkylation sites (tertiary alicyclic amines) is 1. The van der Waals surface area contributed by atoms with Gasteiger partial charge in [-0.2, -0.15) is 0 Å². The van der Waals surface area contributed by atoms with Crippen LogP contribution in [0, 0.1) is 0 Å². The molecule has 0 saturated carbocycles. The van der Waals surface area contributed by atoms with Crippen LogP contribution < -0.4 is 0 Å². The van der Waals surface area contributed by atoms with Crippen molar-refractivity contribution in [2.24, 2.45) is 0 Å². The predicted molar refractivity (Wildman–Crippen MR) is 43.8 cm³/mol. The van der Waals surface area contributed by atoms with E-state index in [-0.39, 0.29) is 14.8 Å². The molecule has 0 aromatic rings. The minimum Gasteiger partial charge on any atom is -0.303 e. The molecule has 3 nitrogen and oxygen atoms in total. The van der Waals surface area contributed by atoms with Crippen molar-refractivity contribution in [3.8, 4) is 0 Å². The zero-order chi connectivity index (χ0) is 8.10. The lowest BCUT2D eigenvalue weighted by molar-refractivity contribution is 0.114. The van der Waals surface area contributed by atoms with E-state index in [4.69, 9.17) is 4.52 Å². The average molecular weight is 175 g/mol. The van der Waals surface area contributed by atoms with Crippen LogP contribution in [0.3, 0.4) is 0 Å². The third-order valence-electron chi connectivity index (χ3n) is 2.17. The van der Waals surface area contributed by atoms with E-state index in [0.29, 0.717) is 0 Å². The Morgan fingerprint density at radius 1 is 1.55 bits per heavy atom. The Bertz CT molecular complexity index is 124. The maximum atomic E-state index is 10.1. The van der Waals surface area contributed by atoms with Crippen molar-refractivity contribution in [1.82, 2.24) is 4.90 Å². The molecule has 0 radical (unpaired) electrons. The molecule has 0 N–H and O–H groups in total. The molecule has 1 rings (SSSR count). The van der Waals surface area contributed by atoms with Gasteiger partial charge in [0.1, 0.15) is 0 Å². The van der Waals surface area contributed by atoms with E-state index < -0.39 is 0 Å². The summed E-state index contributed by atoms with van der Waals surface area (Å²) >= 11 is 0. The molecule has 0 unspecified atom stereocenters. The van der Waals surface area contributed by atoms with E-state index in [2.05, 4.69) is 11.8 Å². The van der Waals surface area contributed by atoms with Gasteiger partial charge in [-0.05, 0) is 19.4 Å². The molecule has 0 spiro atoms. The normalized spacial score (nSPS) is 22.6. The van der Waals surface area contributed by atoms with E-state index in [1.165, 1.54) is 0 Å². The summed E-state index contributed by atoms with van der Waals surface area (Å²) in [4.78, 5) is 2.38. The fourth-order valence-corrected chi connectivity index (χ4v) is 1.72. The van der Waals surface area contributed by atoms with Gasteiger partial charge in [0.25, 0.3) is 0 Å². The van der Waals surface area contributed by atoms with Gasteiger partial charge in [0.15, 0.2) is 0 Å². The lowest BCUT2D eigenvalue weighted by Crippen LogP contribution is -2.35. The molecule has 4 heteroatoms. The Kier molecular flexibility index (Phi) is 3.98. The Morgan fingerprint density at radius 3 is 2.64 bits per heavy atom. The van der Waals surface area contributed by atoms with Crippen molar-refractivity contribution in [3.63, 3.8) is 0 Å². The quantitative estimate of drug-likeness (QED) is 0.611. The number of hydrogen-bond donors (Lipinski definition) is 0. The van der Waals surface area contributed by atoms with Gasteiger partial charge < -0.3 is 4.90 Å². The summed E-state index contributed by atoms with van der Waals surface area (Å²) in [6.45, 7) is 5.43. The van der Waals surface area contributed by atoms with Gasteiger partial charge in [-0.25, -0.2) is 4.57 Å². The molecule has 0 bridgehead atoms. The zero-order valence-corrected chi connectivity index (χ0v) is 7.72. The van der Waals surface area contributed by atoms with Crippen LogP contribution in [0.1, 0.15) is 19.8 Å². The SMILES string of the molecule is CCN1CCC(OP=O)CC1. The van der Waals surface area contributed by atoms with Crippen LogP contribution in [0.5, 0.6) is 0 Å². The fraction of sp³-hybridized carbons (Fsp3) is 1.00. The van der Waals surface area contributed by atoms with Crippen LogP contribution in [0.4, 0.5) is 0 Å². The molecule has 1 aliphatic heterocycles. The van der Waals surface area contributed by atoms with E-state index in [0.717, 1.165) is 32.5 Å². The van der Waals surface area contributed by atoms with Gasteiger partial charge in [-0.3, -0.25) is 4.52 Å². The largest absolute Gasteiger partial charge is 0.327 e. The molecule has 1 fully saturated rings. The van der Waals surface area contributed by atoms with Crippen LogP contribution >= 0.6 is 8.69 Å². The zero-order valence-electron chi connectivity index (χ0n) is 6.82. The van der Waals surface area contributed by atoms with Crippen LogP contribution in [0.2, 0.25) is 0 Å². The molecule has 1 aliphatic rings. The first kappa shape index (κ1) is 9.11. The maximum Gasteiger partial charge on any atom is 0.327 e. The molecule has 0 aromatic heterocycles. The van der Waals surface area contributed by atoms with E-state index in [1.54, 1.807) is 0 Å². The van der Waals surface area contributed by atoms with Crippen LogP contribution in [-0.4, -0.2) is 30.6 Å². The van der Waals surface area contributed by atoms with Crippen molar-refractivity contribution in [2.75, 3.05) is 19.6 Å². The number of rotatable bonds is 3. The lowest BCUT2D eigenvalue weighted by atomic mass is 10.1. The first-order chi connectivity index (χ1) is 5.36. The molecule has 1 saturated heterocycles. The van der Waals surface area contributed by atoms with Crippen molar-refractivity contribution in [2.45, 2.75) is 25.9 Å². The third kappa shape index (κ3) is 2.86. The summed E-state index contributed by atoms with van der Waals surface area (Å²) in [5.74, 6) is 0. The van der Waals surface area contributed by atoms with Gasteiger partial charge in [0.05, 0.1) is 6.10 Å². The highest BCUT2D eigenvalue weighted by Crippen LogP contribution is 2.16. The van der Waals surface area contributed by atoms with E-state index in [9.17, 15) is 4.57 Å². The molecule has 0 amide bonds. The second-order valence-corrected chi connectivity index (χ2v) is 3.17. The number of nitrogens with zero attached hydrogens (tertiary/aromatic N) is 1. The number of hydrogen-bond acceptors (Lipinski definition) is 3. The molecule has 0 aromatic carbocycles. The monoisotopic (exact) mass is 175 g/mol. The molecule has 11 heavy (non-hydrogen) atoms. The van der Waals surface area contributed by atoms with Crippen molar-refractivity contribution in [1.29, 1.82) is 0 Å². The Morgan fingerprint density at radius 2 is 2.18 bits per heavy atom. The van der Waals surface area contributed by atoms with Crippen molar-refractivity contribution >= 4 is 8.69 Å². The molecule has 1 heterocycles. The molecule has 0 atom stereocenters. The Labute approximate surface area is 69.0 Å². The second-order valence-electron chi connectivity index (χ2n) is 2.81. The van der Waals surface area contributed by atoms with Crippen molar-refractivity contribution < 1.29 is 9.09 Å². The number of piperidine rings is 1. The van der Waals surface area contributed by atoms with Crippen LogP contribution in [-0.2, 0) is 9.09 Å². The smallest absolute Gasteiger partial charge is 0.303 e. The minimum atomic E-state index is -0.169. The minimum absolute atomic E-state index is 0.169. The summed E-state index contributed by atoms with van der Waals surface area (Å²) in [6.07, 6.45) is 2.25. The Hall–Kier alpha value is 0.0200. The standard InChI is InChI=1S/C7H14NO2P/c1-2-8-5-3-7(4-6-8)10-11-9/h7H,2-6H2,1H3. The summed E-state index contributed by atoms with van der Waals surface area (Å²) < 4.78 is 15.1. The first-order valence-electron chi connectivity index (χ1n) is 4.07. The van der Waals surface area contributed by atoms with Gasteiger partial charge in [0.2, 0.25) is 0 Å². The maximum absolute atomic E-state index is 10.1. The molecular weight excluding hydrogens is 161 g/mol. The van der Waals surface area contributed by atoms with E-state index >= 15 is 0 Å². The third-order valence-corrected chi connectivity index (χ3v) is 2.56. The highest BCUT2D eigenvalue weighted by molar-refractivity contribution is 7.17. The van der Waals surface area contributed by atoms with Gasteiger partial charge >= 0.3 is 8.69 Å². The average Bonchev–Trinajstić information content (AvgIpc) is 2.07. The fourth-order valence-electron chi connectivity index (χ4n) is 1.39. The summed E-state index contributed by atoms with van der Waals surface area (Å²) in [7, 11) is -0.169. The van der Waals surface area contributed by atoms with Crippen LogP contribution in [0.15, 0.2) is 0 Å². The Balaban J connectivity index is 2.18.